The molecule has 12 heteroatoms. The van der Waals surface area contributed by atoms with Crippen molar-refractivity contribution in [3.63, 3.8) is 0 Å². The van der Waals surface area contributed by atoms with Gasteiger partial charge in [-0.25, -0.2) is 4.79 Å². The van der Waals surface area contributed by atoms with Crippen molar-refractivity contribution in [2.24, 2.45) is 17.4 Å². The van der Waals surface area contributed by atoms with E-state index in [0.29, 0.717) is 18.6 Å². The Bertz CT molecular complexity index is 900. The second kappa shape index (κ2) is 15.8. The van der Waals surface area contributed by atoms with Gasteiger partial charge in [-0.1, -0.05) is 50.6 Å². The number of aliphatic carboxylic acids is 1. The molecule has 8 N–H and O–H groups in total. The van der Waals surface area contributed by atoms with Gasteiger partial charge >= 0.3 is 5.97 Å². The molecule has 0 bridgehead atoms. The normalized spacial score (nSPS) is 15.0. The van der Waals surface area contributed by atoms with Crippen molar-refractivity contribution in [1.82, 2.24) is 16.0 Å². The van der Waals surface area contributed by atoms with Gasteiger partial charge in [-0.3, -0.25) is 19.2 Å². The molecule has 0 fully saturated rings. The van der Waals surface area contributed by atoms with E-state index in [0.717, 1.165) is 5.56 Å². The van der Waals surface area contributed by atoms with E-state index in [1.54, 1.807) is 6.92 Å². The van der Waals surface area contributed by atoms with Crippen molar-refractivity contribution in [1.29, 1.82) is 0 Å². The Hall–Kier alpha value is -3.12. The number of hydrogen-bond acceptors (Lipinski definition) is 7. The monoisotopic (exact) mass is 523 g/mol. The molecule has 0 aromatic heterocycles. The van der Waals surface area contributed by atoms with Gasteiger partial charge in [0, 0.05) is 0 Å². The quantitative estimate of drug-likeness (QED) is 0.171. The molecule has 200 valence electrons. The first-order valence-electron chi connectivity index (χ1n) is 11.7. The third-order valence-electron chi connectivity index (χ3n) is 5.69. The molecule has 0 saturated carbocycles. The SMILES string of the molecule is CCC(C)C(NC(=O)C(CCSC)NC(=O)C(N)Cc1ccccc1)C(=O)NC(CC(N)=O)C(=O)O. The third-order valence-corrected chi connectivity index (χ3v) is 6.34. The van der Waals surface area contributed by atoms with Crippen LogP contribution < -0.4 is 27.4 Å². The summed E-state index contributed by atoms with van der Waals surface area (Å²) in [4.78, 5) is 61.4. The van der Waals surface area contributed by atoms with Crippen LogP contribution in [0, 0.1) is 5.92 Å². The van der Waals surface area contributed by atoms with Crippen LogP contribution in [0.15, 0.2) is 30.3 Å². The highest BCUT2D eigenvalue weighted by atomic mass is 32.2. The molecule has 1 rings (SSSR count). The summed E-state index contributed by atoms with van der Waals surface area (Å²) < 4.78 is 0. The van der Waals surface area contributed by atoms with Crippen LogP contribution >= 0.6 is 11.8 Å². The Morgan fingerprint density at radius 3 is 2.11 bits per heavy atom. The van der Waals surface area contributed by atoms with Crippen LogP contribution in [-0.4, -0.2) is 70.9 Å². The molecular weight excluding hydrogens is 486 g/mol. The van der Waals surface area contributed by atoms with Gasteiger partial charge in [-0.05, 0) is 36.3 Å². The number of carbonyl (C=O) groups is 5. The van der Waals surface area contributed by atoms with Crippen molar-refractivity contribution < 1.29 is 29.1 Å². The van der Waals surface area contributed by atoms with Crippen molar-refractivity contribution >= 4 is 41.4 Å². The molecule has 0 aliphatic carbocycles. The molecule has 1 aromatic carbocycles. The summed E-state index contributed by atoms with van der Waals surface area (Å²) in [7, 11) is 0. The summed E-state index contributed by atoms with van der Waals surface area (Å²) in [5.74, 6) is -3.97. The molecule has 5 atom stereocenters. The molecule has 1 aromatic rings. The lowest BCUT2D eigenvalue weighted by Gasteiger charge is -2.28. The summed E-state index contributed by atoms with van der Waals surface area (Å²) in [5.41, 5.74) is 12.0. The van der Waals surface area contributed by atoms with Crippen LogP contribution in [0.4, 0.5) is 0 Å². The first-order valence-corrected chi connectivity index (χ1v) is 13.1. The van der Waals surface area contributed by atoms with E-state index in [4.69, 9.17) is 11.5 Å². The predicted molar refractivity (Wildman–Crippen MR) is 138 cm³/mol. The van der Waals surface area contributed by atoms with E-state index in [2.05, 4.69) is 16.0 Å². The summed E-state index contributed by atoms with van der Waals surface area (Å²) in [6.45, 7) is 3.53. The number of carboxylic acid groups (broad SMARTS) is 1. The number of primary amides is 1. The number of hydrogen-bond donors (Lipinski definition) is 6. The molecule has 4 amide bonds. The maximum absolute atomic E-state index is 13.2. The first-order chi connectivity index (χ1) is 17.0. The van der Waals surface area contributed by atoms with E-state index in [1.165, 1.54) is 11.8 Å². The molecule has 0 heterocycles. The number of nitrogens with two attached hydrogens (primary N) is 2. The molecule has 0 saturated heterocycles. The van der Waals surface area contributed by atoms with Crippen molar-refractivity contribution in [3.8, 4) is 0 Å². The van der Waals surface area contributed by atoms with Gasteiger partial charge in [0.2, 0.25) is 23.6 Å². The molecule has 0 spiro atoms. The van der Waals surface area contributed by atoms with Gasteiger partial charge < -0.3 is 32.5 Å². The highest BCUT2D eigenvalue weighted by Gasteiger charge is 2.33. The van der Waals surface area contributed by atoms with Crippen LogP contribution in [0.1, 0.15) is 38.7 Å². The van der Waals surface area contributed by atoms with Crippen LogP contribution in [-0.2, 0) is 30.4 Å². The minimum absolute atomic E-state index is 0.290. The van der Waals surface area contributed by atoms with Gasteiger partial charge in [0.15, 0.2) is 0 Å². The largest absolute Gasteiger partial charge is 0.480 e. The summed E-state index contributed by atoms with van der Waals surface area (Å²) in [6.07, 6.45) is 2.35. The van der Waals surface area contributed by atoms with Crippen LogP contribution in [0.25, 0.3) is 0 Å². The van der Waals surface area contributed by atoms with Crippen molar-refractivity contribution in [2.75, 3.05) is 12.0 Å². The van der Waals surface area contributed by atoms with E-state index in [9.17, 15) is 29.1 Å². The minimum Gasteiger partial charge on any atom is -0.480 e. The highest BCUT2D eigenvalue weighted by molar-refractivity contribution is 7.98. The third kappa shape index (κ3) is 10.6. The maximum Gasteiger partial charge on any atom is 0.326 e. The van der Waals surface area contributed by atoms with Crippen LogP contribution in [0.5, 0.6) is 0 Å². The number of rotatable bonds is 16. The zero-order valence-corrected chi connectivity index (χ0v) is 21.7. The van der Waals surface area contributed by atoms with E-state index < -0.39 is 60.2 Å². The fourth-order valence-electron chi connectivity index (χ4n) is 3.36. The Morgan fingerprint density at radius 1 is 0.972 bits per heavy atom. The highest BCUT2D eigenvalue weighted by Crippen LogP contribution is 2.11. The van der Waals surface area contributed by atoms with Crippen molar-refractivity contribution in [2.45, 2.75) is 63.7 Å². The number of benzene rings is 1. The van der Waals surface area contributed by atoms with E-state index in [-0.39, 0.29) is 12.3 Å². The molecule has 36 heavy (non-hydrogen) atoms. The van der Waals surface area contributed by atoms with E-state index in [1.807, 2.05) is 43.5 Å². The number of thioether (sulfide) groups is 1. The number of carbonyl (C=O) groups excluding carboxylic acids is 4. The standard InChI is InChI=1S/C24H37N5O6S/c1-4-14(2)20(23(33)28-18(24(34)35)13-19(26)30)29-22(32)17(10-11-36-3)27-21(31)16(25)12-15-8-6-5-7-9-15/h5-9,14,16-18,20H,4,10-13,25H2,1-3H3,(H2,26,30)(H,27,31)(H,28,33)(H,29,32)(H,34,35). The maximum atomic E-state index is 13.2. The zero-order valence-electron chi connectivity index (χ0n) is 20.9. The second-order valence-electron chi connectivity index (χ2n) is 8.58. The first kappa shape index (κ1) is 30.9. The summed E-state index contributed by atoms with van der Waals surface area (Å²) in [5, 5.41) is 16.9. The van der Waals surface area contributed by atoms with Gasteiger partial charge in [-0.15, -0.1) is 0 Å². The fourth-order valence-corrected chi connectivity index (χ4v) is 3.83. The lowest BCUT2D eigenvalue weighted by Crippen LogP contribution is -2.59. The molecule has 0 aliphatic rings. The van der Waals surface area contributed by atoms with Crippen LogP contribution in [0.3, 0.4) is 0 Å². The van der Waals surface area contributed by atoms with Gasteiger partial charge in [0.25, 0.3) is 0 Å². The average molecular weight is 524 g/mol. The molecule has 0 aliphatic heterocycles. The molecule has 5 unspecified atom stereocenters. The van der Waals surface area contributed by atoms with Crippen molar-refractivity contribution in [3.05, 3.63) is 35.9 Å². The zero-order chi connectivity index (χ0) is 27.3. The second-order valence-corrected chi connectivity index (χ2v) is 9.57. The topological polar surface area (TPSA) is 194 Å². The predicted octanol–water partition coefficient (Wildman–Crippen LogP) is -0.230. The Kier molecular flexibility index (Phi) is 13.6. The number of carboxylic acids is 1. The summed E-state index contributed by atoms with van der Waals surface area (Å²) in [6, 6.07) is 4.79. The summed E-state index contributed by atoms with van der Waals surface area (Å²) >= 11 is 1.49. The number of nitrogens with one attached hydrogen (secondary N) is 3. The fraction of sp³-hybridized carbons (Fsp3) is 0.542. The lowest BCUT2D eigenvalue weighted by atomic mass is 9.97. The molecule has 11 nitrogen and oxygen atoms in total. The average Bonchev–Trinajstić information content (AvgIpc) is 2.83. The Balaban J connectivity index is 2.97. The lowest BCUT2D eigenvalue weighted by molar-refractivity contribution is -0.144. The number of amides is 4. The smallest absolute Gasteiger partial charge is 0.326 e. The Labute approximate surface area is 215 Å². The molecular formula is C24H37N5O6S. The minimum atomic E-state index is -1.53. The van der Waals surface area contributed by atoms with Gasteiger partial charge in [0.05, 0.1) is 12.5 Å². The van der Waals surface area contributed by atoms with E-state index >= 15 is 0 Å². The molecule has 0 radical (unpaired) electrons. The Morgan fingerprint density at radius 2 is 1.58 bits per heavy atom. The van der Waals surface area contributed by atoms with Gasteiger partial charge in [-0.2, -0.15) is 11.8 Å². The van der Waals surface area contributed by atoms with Crippen LogP contribution in [0.2, 0.25) is 0 Å². The van der Waals surface area contributed by atoms with Gasteiger partial charge in [0.1, 0.15) is 18.1 Å².